The Labute approximate surface area is 110 Å². The highest BCUT2D eigenvalue weighted by Gasteiger charge is 1.97. The minimum absolute atomic E-state index is 0.698. The first kappa shape index (κ1) is 12.1. The summed E-state index contributed by atoms with van der Waals surface area (Å²) < 4.78 is 1.09. The summed E-state index contributed by atoms with van der Waals surface area (Å²) in [6.45, 7) is 2.10. The van der Waals surface area contributed by atoms with Crippen LogP contribution in [0.3, 0.4) is 0 Å². The van der Waals surface area contributed by atoms with Crippen LogP contribution in [0, 0.1) is 0 Å². The summed E-state index contributed by atoms with van der Waals surface area (Å²) in [6, 6.07) is 12.3. The van der Waals surface area contributed by atoms with Crippen molar-refractivity contribution in [3.05, 3.63) is 40.9 Å². The van der Waals surface area contributed by atoms with Crippen LogP contribution in [0.1, 0.15) is 19.8 Å². The molecule has 0 unspecified atom stereocenters. The van der Waals surface area contributed by atoms with Crippen molar-refractivity contribution in [2.75, 3.05) is 0 Å². The SMILES string of the molecule is CCCC(N)=Nc1ccc2cc(Br)ccc2c1. The molecule has 0 radical (unpaired) electrons. The third-order valence-electron chi connectivity index (χ3n) is 2.56. The number of fused-ring (bicyclic) bond motifs is 1. The van der Waals surface area contributed by atoms with Gasteiger partial charge in [-0.25, -0.2) is 4.99 Å². The van der Waals surface area contributed by atoms with Gasteiger partial charge in [-0.15, -0.1) is 0 Å². The molecule has 17 heavy (non-hydrogen) atoms. The van der Waals surface area contributed by atoms with Gasteiger partial charge in [-0.2, -0.15) is 0 Å². The molecule has 0 heterocycles. The molecule has 0 fully saturated rings. The molecule has 0 spiro atoms. The van der Waals surface area contributed by atoms with Crippen molar-refractivity contribution in [3.63, 3.8) is 0 Å². The van der Waals surface area contributed by atoms with Crippen LogP contribution >= 0.6 is 15.9 Å². The maximum absolute atomic E-state index is 5.83. The summed E-state index contributed by atoms with van der Waals surface area (Å²) in [7, 11) is 0. The Morgan fingerprint density at radius 3 is 2.65 bits per heavy atom. The lowest BCUT2D eigenvalue weighted by Crippen LogP contribution is -2.09. The van der Waals surface area contributed by atoms with Crippen molar-refractivity contribution in [1.82, 2.24) is 0 Å². The number of halogens is 1. The zero-order chi connectivity index (χ0) is 12.3. The molecule has 0 saturated carbocycles. The molecular formula is C14H15BrN2. The van der Waals surface area contributed by atoms with Gasteiger partial charge in [0.2, 0.25) is 0 Å². The van der Waals surface area contributed by atoms with Crippen molar-refractivity contribution >= 4 is 38.2 Å². The summed E-state index contributed by atoms with van der Waals surface area (Å²) >= 11 is 3.46. The van der Waals surface area contributed by atoms with Gasteiger partial charge in [0, 0.05) is 10.9 Å². The van der Waals surface area contributed by atoms with E-state index >= 15 is 0 Å². The van der Waals surface area contributed by atoms with Gasteiger partial charge >= 0.3 is 0 Å². The Balaban J connectivity index is 2.38. The van der Waals surface area contributed by atoms with Gasteiger partial charge in [-0.3, -0.25) is 0 Å². The van der Waals surface area contributed by atoms with E-state index in [1.807, 2.05) is 12.1 Å². The highest BCUT2D eigenvalue weighted by molar-refractivity contribution is 9.10. The minimum Gasteiger partial charge on any atom is -0.387 e. The zero-order valence-corrected chi connectivity index (χ0v) is 11.4. The maximum Gasteiger partial charge on any atom is 0.0996 e. The average Bonchev–Trinajstić information content (AvgIpc) is 2.29. The van der Waals surface area contributed by atoms with Crippen molar-refractivity contribution in [2.24, 2.45) is 10.7 Å². The molecule has 2 nitrogen and oxygen atoms in total. The molecule has 3 heteroatoms. The Morgan fingerprint density at radius 2 is 1.88 bits per heavy atom. The average molecular weight is 291 g/mol. The number of benzene rings is 2. The van der Waals surface area contributed by atoms with Gasteiger partial charge in [-0.05, 0) is 41.5 Å². The van der Waals surface area contributed by atoms with Gasteiger partial charge in [0.1, 0.15) is 0 Å². The fourth-order valence-electron chi connectivity index (χ4n) is 1.75. The van der Waals surface area contributed by atoms with E-state index < -0.39 is 0 Å². The molecule has 0 atom stereocenters. The van der Waals surface area contributed by atoms with E-state index in [0.717, 1.165) is 23.0 Å². The molecule has 0 bridgehead atoms. The van der Waals surface area contributed by atoms with Gasteiger partial charge in [-0.1, -0.05) is 35.0 Å². The minimum atomic E-state index is 0.698. The Kier molecular flexibility index (Phi) is 3.79. The highest BCUT2D eigenvalue weighted by Crippen LogP contribution is 2.24. The summed E-state index contributed by atoms with van der Waals surface area (Å²) in [5, 5.41) is 2.38. The van der Waals surface area contributed by atoms with Crippen LogP contribution in [0.15, 0.2) is 45.9 Å². The number of nitrogens with two attached hydrogens (primary N) is 1. The fraction of sp³-hybridized carbons (Fsp3) is 0.214. The lowest BCUT2D eigenvalue weighted by molar-refractivity contribution is 0.983. The zero-order valence-electron chi connectivity index (χ0n) is 9.78. The van der Waals surface area contributed by atoms with E-state index in [1.165, 1.54) is 10.8 Å². The smallest absolute Gasteiger partial charge is 0.0996 e. The molecule has 2 rings (SSSR count). The topological polar surface area (TPSA) is 38.4 Å². The lowest BCUT2D eigenvalue weighted by Gasteiger charge is -2.02. The van der Waals surface area contributed by atoms with Crippen LogP contribution in [-0.2, 0) is 0 Å². The first-order chi connectivity index (χ1) is 8.19. The molecule has 0 aliphatic rings. The molecular weight excluding hydrogens is 276 g/mol. The summed E-state index contributed by atoms with van der Waals surface area (Å²) in [4.78, 5) is 4.40. The molecule has 88 valence electrons. The fourth-order valence-corrected chi connectivity index (χ4v) is 2.13. The predicted molar refractivity (Wildman–Crippen MR) is 77.8 cm³/mol. The second-order valence-electron chi connectivity index (χ2n) is 4.03. The molecule has 0 aromatic heterocycles. The van der Waals surface area contributed by atoms with Crippen molar-refractivity contribution in [3.8, 4) is 0 Å². The lowest BCUT2D eigenvalue weighted by atomic mass is 10.1. The largest absolute Gasteiger partial charge is 0.387 e. The van der Waals surface area contributed by atoms with Crippen LogP contribution in [0.4, 0.5) is 5.69 Å². The molecule has 0 aliphatic carbocycles. The molecule has 2 aromatic carbocycles. The standard InChI is InChI=1S/C14H15BrN2/c1-2-3-14(16)17-13-7-5-10-8-12(15)6-4-11(10)9-13/h4-9H,2-3H2,1H3,(H2,16,17). The quantitative estimate of drug-likeness (QED) is 0.661. The Bertz CT molecular complexity index is 561. The first-order valence-electron chi connectivity index (χ1n) is 5.71. The van der Waals surface area contributed by atoms with E-state index in [9.17, 15) is 0 Å². The summed E-state index contributed by atoms with van der Waals surface area (Å²) in [5.41, 5.74) is 6.75. The molecule has 0 saturated heterocycles. The van der Waals surface area contributed by atoms with Gasteiger partial charge in [0.15, 0.2) is 0 Å². The normalized spacial score (nSPS) is 12.0. The second-order valence-corrected chi connectivity index (χ2v) is 4.94. The van der Waals surface area contributed by atoms with Crippen LogP contribution in [0.25, 0.3) is 10.8 Å². The van der Waals surface area contributed by atoms with Crippen molar-refractivity contribution in [2.45, 2.75) is 19.8 Å². The molecule has 2 aromatic rings. The van der Waals surface area contributed by atoms with Crippen LogP contribution in [0.5, 0.6) is 0 Å². The number of nitrogens with zero attached hydrogens (tertiary/aromatic N) is 1. The highest BCUT2D eigenvalue weighted by atomic mass is 79.9. The van der Waals surface area contributed by atoms with Crippen LogP contribution in [0.2, 0.25) is 0 Å². The van der Waals surface area contributed by atoms with Crippen LogP contribution < -0.4 is 5.73 Å². The summed E-state index contributed by atoms with van der Waals surface area (Å²) in [5.74, 6) is 0.698. The van der Waals surface area contributed by atoms with E-state index in [0.29, 0.717) is 5.84 Å². The van der Waals surface area contributed by atoms with Gasteiger partial charge in [0.25, 0.3) is 0 Å². The van der Waals surface area contributed by atoms with E-state index in [1.54, 1.807) is 0 Å². The molecule has 0 amide bonds. The third-order valence-corrected chi connectivity index (χ3v) is 3.06. The van der Waals surface area contributed by atoms with Gasteiger partial charge < -0.3 is 5.73 Å². The number of hydrogen-bond acceptors (Lipinski definition) is 1. The van der Waals surface area contributed by atoms with E-state index in [4.69, 9.17) is 5.73 Å². The predicted octanol–water partition coefficient (Wildman–Crippen LogP) is 4.39. The second kappa shape index (κ2) is 5.32. The Hall–Kier alpha value is -1.35. The maximum atomic E-state index is 5.83. The molecule has 0 aliphatic heterocycles. The van der Waals surface area contributed by atoms with Gasteiger partial charge in [0.05, 0.1) is 11.5 Å². The Morgan fingerprint density at radius 1 is 1.18 bits per heavy atom. The number of hydrogen-bond donors (Lipinski definition) is 1. The number of rotatable bonds is 3. The first-order valence-corrected chi connectivity index (χ1v) is 6.50. The number of amidine groups is 1. The van der Waals surface area contributed by atoms with E-state index in [2.05, 4.69) is 52.1 Å². The van der Waals surface area contributed by atoms with E-state index in [-0.39, 0.29) is 0 Å². The summed E-state index contributed by atoms with van der Waals surface area (Å²) in [6.07, 6.45) is 1.87. The van der Waals surface area contributed by atoms with Crippen LogP contribution in [-0.4, -0.2) is 5.84 Å². The third kappa shape index (κ3) is 3.07. The monoisotopic (exact) mass is 290 g/mol. The van der Waals surface area contributed by atoms with Crippen molar-refractivity contribution < 1.29 is 0 Å². The molecule has 2 N–H and O–H groups in total. The van der Waals surface area contributed by atoms with Crippen molar-refractivity contribution in [1.29, 1.82) is 0 Å². The number of aliphatic imine (C=N–C) groups is 1.